The Morgan fingerprint density at radius 1 is 1.29 bits per heavy atom. The molecular formula is C19H20F3N5S. The van der Waals surface area contributed by atoms with Crippen LogP contribution in [0.2, 0.25) is 0 Å². The molecule has 3 heterocycles. The first-order valence-electron chi connectivity index (χ1n) is 9.02. The summed E-state index contributed by atoms with van der Waals surface area (Å²) in [6.07, 6.45) is 1.80. The molecule has 0 amide bonds. The maximum atomic E-state index is 13.6. The fourth-order valence-electron chi connectivity index (χ4n) is 3.45. The summed E-state index contributed by atoms with van der Waals surface area (Å²) in [5, 5.41) is 7.13. The summed E-state index contributed by atoms with van der Waals surface area (Å²) < 4.78 is 40.9. The van der Waals surface area contributed by atoms with E-state index in [1.807, 2.05) is 24.5 Å². The molecule has 0 bridgehead atoms. The van der Waals surface area contributed by atoms with Crippen LogP contribution < -0.4 is 10.6 Å². The van der Waals surface area contributed by atoms with Gasteiger partial charge in [-0.1, -0.05) is 6.07 Å². The second-order valence-corrected chi connectivity index (χ2v) is 7.63. The Bertz CT molecular complexity index is 979. The van der Waals surface area contributed by atoms with E-state index in [0.717, 1.165) is 42.5 Å². The number of alkyl halides is 3. The van der Waals surface area contributed by atoms with Crippen LogP contribution in [0, 0.1) is 0 Å². The number of rotatable bonds is 4. The highest BCUT2D eigenvalue weighted by atomic mass is 32.2. The van der Waals surface area contributed by atoms with Gasteiger partial charge in [-0.3, -0.25) is 0 Å². The van der Waals surface area contributed by atoms with E-state index in [0.29, 0.717) is 10.9 Å². The molecular weight excluding hydrogens is 387 g/mol. The molecule has 0 saturated carbocycles. The van der Waals surface area contributed by atoms with Gasteiger partial charge in [-0.05, 0) is 37.8 Å². The van der Waals surface area contributed by atoms with Crippen LogP contribution in [-0.4, -0.2) is 40.3 Å². The average molecular weight is 407 g/mol. The van der Waals surface area contributed by atoms with Gasteiger partial charge in [-0.25, -0.2) is 9.97 Å². The molecule has 148 valence electrons. The first-order chi connectivity index (χ1) is 13.5. The molecule has 28 heavy (non-hydrogen) atoms. The third kappa shape index (κ3) is 3.81. The molecule has 1 fully saturated rings. The molecule has 1 aliphatic heterocycles. The molecule has 1 aliphatic rings. The highest BCUT2D eigenvalue weighted by molar-refractivity contribution is 7.98. The van der Waals surface area contributed by atoms with Gasteiger partial charge in [0.15, 0.2) is 0 Å². The molecule has 3 N–H and O–H groups in total. The minimum atomic E-state index is -4.54. The normalized spacial score (nSPS) is 17.8. The van der Waals surface area contributed by atoms with E-state index in [9.17, 15) is 13.2 Å². The summed E-state index contributed by atoms with van der Waals surface area (Å²) in [6.45, 7) is 1.69. The molecule has 4 rings (SSSR count). The van der Waals surface area contributed by atoms with Crippen molar-refractivity contribution in [2.24, 2.45) is 0 Å². The van der Waals surface area contributed by atoms with E-state index in [1.165, 1.54) is 0 Å². The average Bonchev–Trinajstić information content (AvgIpc) is 3.11. The Labute approximate surface area is 164 Å². The summed E-state index contributed by atoms with van der Waals surface area (Å²) in [7, 11) is 0. The summed E-state index contributed by atoms with van der Waals surface area (Å²) in [5.74, 6) is 0.215. The fraction of sp³-hybridized carbons (Fsp3) is 0.368. The number of anilines is 1. The van der Waals surface area contributed by atoms with Crippen LogP contribution in [0.3, 0.4) is 0 Å². The first-order valence-corrected chi connectivity index (χ1v) is 10.2. The van der Waals surface area contributed by atoms with Crippen molar-refractivity contribution >= 4 is 28.6 Å². The summed E-state index contributed by atoms with van der Waals surface area (Å²) in [5.41, 5.74) is 0.244. The molecule has 0 spiro atoms. The first kappa shape index (κ1) is 19.1. The Morgan fingerprint density at radius 3 is 2.86 bits per heavy atom. The van der Waals surface area contributed by atoms with Gasteiger partial charge < -0.3 is 15.6 Å². The molecule has 9 heteroatoms. The van der Waals surface area contributed by atoms with Crippen LogP contribution in [-0.2, 0) is 6.18 Å². The van der Waals surface area contributed by atoms with Crippen molar-refractivity contribution in [3.63, 3.8) is 0 Å². The predicted octanol–water partition coefficient (Wildman–Crippen LogP) is 4.53. The number of nitrogens with zero attached hydrogens (tertiary/aromatic N) is 2. The number of halogens is 3. The number of nitrogens with one attached hydrogen (secondary N) is 3. The number of hydrogen-bond acceptors (Lipinski definition) is 5. The smallest absolute Gasteiger partial charge is 0.360 e. The zero-order chi connectivity index (χ0) is 19.7. The number of hydrogen-bond donors (Lipinski definition) is 3. The maximum Gasteiger partial charge on any atom is 0.419 e. The van der Waals surface area contributed by atoms with Crippen molar-refractivity contribution in [2.75, 3.05) is 24.7 Å². The standard InChI is InChI=1S/C19H20F3N5S/c1-28-12-4-5-13-14(9-24-16(13)7-12)17-15(19(20,21)22)10-25-18(27-17)26-11-3-2-6-23-8-11/h4-5,7,9-11,23-24H,2-3,6,8H2,1H3,(H,25,26,27). The third-order valence-corrected chi connectivity index (χ3v) is 5.59. The van der Waals surface area contributed by atoms with Gasteiger partial charge in [-0.15, -0.1) is 11.8 Å². The monoisotopic (exact) mass is 407 g/mol. The topological polar surface area (TPSA) is 65.6 Å². The predicted molar refractivity (Wildman–Crippen MR) is 106 cm³/mol. The SMILES string of the molecule is CSc1ccc2c(-c3nc(NC4CCCNC4)ncc3C(F)(F)F)c[nH]c2c1. The summed E-state index contributed by atoms with van der Waals surface area (Å²) >= 11 is 1.58. The van der Waals surface area contributed by atoms with E-state index in [1.54, 1.807) is 18.0 Å². The van der Waals surface area contributed by atoms with E-state index in [4.69, 9.17) is 0 Å². The third-order valence-electron chi connectivity index (χ3n) is 4.87. The van der Waals surface area contributed by atoms with Crippen LogP contribution in [0.1, 0.15) is 18.4 Å². The second-order valence-electron chi connectivity index (χ2n) is 6.76. The Hall–Kier alpha value is -2.26. The summed E-state index contributed by atoms with van der Waals surface area (Å²) in [6, 6.07) is 5.75. The molecule has 5 nitrogen and oxygen atoms in total. The second kappa shape index (κ2) is 7.63. The van der Waals surface area contributed by atoms with Gasteiger partial charge in [-0.2, -0.15) is 13.2 Å². The molecule has 0 radical (unpaired) electrons. The van der Waals surface area contributed by atoms with Crippen molar-refractivity contribution in [3.8, 4) is 11.3 Å². The molecule has 1 aromatic carbocycles. The number of fused-ring (bicyclic) bond motifs is 1. The number of benzene rings is 1. The van der Waals surface area contributed by atoms with Gasteiger partial charge in [0.2, 0.25) is 5.95 Å². The quantitative estimate of drug-likeness (QED) is 0.555. The number of thioether (sulfide) groups is 1. The lowest BCUT2D eigenvalue weighted by Crippen LogP contribution is -2.38. The van der Waals surface area contributed by atoms with E-state index >= 15 is 0 Å². The van der Waals surface area contributed by atoms with E-state index in [-0.39, 0.29) is 17.7 Å². The minimum Gasteiger partial charge on any atom is -0.360 e. The van der Waals surface area contributed by atoms with Crippen LogP contribution in [0.5, 0.6) is 0 Å². The van der Waals surface area contributed by atoms with Crippen molar-refractivity contribution in [2.45, 2.75) is 30.0 Å². The maximum absolute atomic E-state index is 13.6. The van der Waals surface area contributed by atoms with Crippen molar-refractivity contribution in [3.05, 3.63) is 36.2 Å². The van der Waals surface area contributed by atoms with E-state index < -0.39 is 11.7 Å². The lowest BCUT2D eigenvalue weighted by Gasteiger charge is -2.24. The zero-order valence-electron chi connectivity index (χ0n) is 15.2. The molecule has 1 atom stereocenters. The molecule has 1 saturated heterocycles. The Kier molecular flexibility index (Phi) is 5.20. The van der Waals surface area contributed by atoms with Crippen LogP contribution in [0.25, 0.3) is 22.2 Å². The minimum absolute atomic E-state index is 0.102. The van der Waals surface area contributed by atoms with Crippen LogP contribution >= 0.6 is 11.8 Å². The number of aromatic nitrogens is 3. The highest BCUT2D eigenvalue weighted by Gasteiger charge is 2.36. The van der Waals surface area contributed by atoms with Gasteiger partial charge in [0.1, 0.15) is 5.56 Å². The Balaban J connectivity index is 1.78. The van der Waals surface area contributed by atoms with Crippen LogP contribution in [0.15, 0.2) is 35.5 Å². The van der Waals surface area contributed by atoms with Gasteiger partial charge >= 0.3 is 6.18 Å². The number of aromatic amines is 1. The Morgan fingerprint density at radius 2 is 2.14 bits per heavy atom. The van der Waals surface area contributed by atoms with Crippen molar-refractivity contribution in [1.82, 2.24) is 20.3 Å². The molecule has 3 aromatic rings. The highest BCUT2D eigenvalue weighted by Crippen LogP contribution is 2.39. The van der Waals surface area contributed by atoms with Crippen molar-refractivity contribution < 1.29 is 13.2 Å². The summed E-state index contributed by atoms with van der Waals surface area (Å²) in [4.78, 5) is 12.3. The molecule has 0 aliphatic carbocycles. The van der Waals surface area contributed by atoms with Crippen molar-refractivity contribution in [1.29, 1.82) is 0 Å². The van der Waals surface area contributed by atoms with Gasteiger partial charge in [0, 0.05) is 46.3 Å². The number of piperidine rings is 1. The van der Waals surface area contributed by atoms with E-state index in [2.05, 4.69) is 25.6 Å². The number of H-pyrrole nitrogens is 1. The lowest BCUT2D eigenvalue weighted by atomic mass is 10.1. The molecule has 2 aromatic heterocycles. The molecule has 1 unspecified atom stereocenters. The lowest BCUT2D eigenvalue weighted by molar-refractivity contribution is -0.137. The fourth-order valence-corrected chi connectivity index (χ4v) is 3.89. The zero-order valence-corrected chi connectivity index (χ0v) is 16.0. The van der Waals surface area contributed by atoms with Crippen LogP contribution in [0.4, 0.5) is 19.1 Å². The largest absolute Gasteiger partial charge is 0.419 e. The van der Waals surface area contributed by atoms with Gasteiger partial charge in [0.05, 0.1) is 5.69 Å². The van der Waals surface area contributed by atoms with Gasteiger partial charge in [0.25, 0.3) is 0 Å².